The molecule has 0 heterocycles. The van der Waals surface area contributed by atoms with Gasteiger partial charge in [0.25, 0.3) is 0 Å². The fourth-order valence-electron chi connectivity index (χ4n) is 4.75. The van der Waals surface area contributed by atoms with Crippen molar-refractivity contribution in [2.45, 2.75) is 135 Å². The maximum atomic E-state index is 12.7. The van der Waals surface area contributed by atoms with Crippen molar-refractivity contribution in [2.24, 2.45) is 0 Å². The summed E-state index contributed by atoms with van der Waals surface area (Å²) >= 11 is 0. The van der Waals surface area contributed by atoms with Gasteiger partial charge in [-0.25, -0.2) is 0 Å². The lowest BCUT2D eigenvalue weighted by molar-refractivity contribution is -0.904. The smallest absolute Gasteiger partial charge is 0.193 e. The highest BCUT2D eigenvalue weighted by molar-refractivity contribution is 7.51. The van der Waals surface area contributed by atoms with Gasteiger partial charge in [0.2, 0.25) is 0 Å². The van der Waals surface area contributed by atoms with Gasteiger partial charge in [-0.05, 0) is 51.4 Å². The van der Waals surface area contributed by atoms with E-state index in [1.54, 1.807) is 21.0 Å². The lowest BCUT2D eigenvalue weighted by atomic mass is 10.1. The van der Waals surface area contributed by atoms with E-state index in [1.165, 1.54) is 77.0 Å². The quantitative estimate of drug-likeness (QED) is 0.0334. The predicted octanol–water partition coefficient (Wildman–Crippen LogP) is 6.04. The van der Waals surface area contributed by atoms with Crippen LogP contribution in [0.3, 0.4) is 0 Å². The van der Waals surface area contributed by atoms with Crippen LogP contribution in [0.2, 0.25) is 0 Å². The molecule has 3 atom stereocenters. The first-order chi connectivity index (χ1) is 19.1. The summed E-state index contributed by atoms with van der Waals surface area (Å²) in [4.78, 5) is 12.7. The van der Waals surface area contributed by atoms with E-state index in [0.29, 0.717) is 13.0 Å². The summed E-state index contributed by atoms with van der Waals surface area (Å²) in [6.45, 7) is 4.47. The lowest BCUT2D eigenvalue weighted by Crippen LogP contribution is -2.51. The zero-order valence-corrected chi connectivity index (χ0v) is 26.9. The largest absolute Gasteiger partial charge is 0.774 e. The molecule has 0 rings (SSSR count). The average Bonchev–Trinajstić information content (AvgIpc) is 2.90. The highest BCUT2D eigenvalue weighted by Gasteiger charge is 2.37. The Morgan fingerprint density at radius 3 is 1.80 bits per heavy atom. The molecule has 0 radical (unpaired) electrons. The van der Waals surface area contributed by atoms with Gasteiger partial charge in [-0.2, -0.15) is 0 Å². The van der Waals surface area contributed by atoms with Gasteiger partial charge in [-0.15, -0.1) is 0 Å². The molecule has 8 nitrogen and oxygen atoms in total. The van der Waals surface area contributed by atoms with Crippen molar-refractivity contribution >= 4 is 7.60 Å². The van der Waals surface area contributed by atoms with Crippen molar-refractivity contribution in [3.05, 3.63) is 24.3 Å². The fraction of sp³-hybridized carbons (Fsp3) is 0.871. The molecule has 2 unspecified atom stereocenters. The number of quaternary nitrogens is 1. The number of rotatable bonds is 28. The summed E-state index contributed by atoms with van der Waals surface area (Å²) in [7, 11) is -0.838. The predicted molar refractivity (Wildman–Crippen MR) is 163 cm³/mol. The van der Waals surface area contributed by atoms with Crippen molar-refractivity contribution in [1.82, 2.24) is 0 Å². The molecule has 0 aromatic heterocycles. The second kappa shape index (κ2) is 25.0. The first kappa shape index (κ1) is 39.4. The Hall–Kier alpha value is -0.570. The number of hydrogen-bond donors (Lipinski definition) is 3. The van der Waals surface area contributed by atoms with E-state index in [-0.39, 0.29) is 30.7 Å². The van der Waals surface area contributed by atoms with Crippen LogP contribution < -0.4 is 4.89 Å². The maximum Gasteiger partial charge on any atom is 0.193 e. The first-order valence-corrected chi connectivity index (χ1v) is 17.4. The Morgan fingerprint density at radius 2 is 1.27 bits per heavy atom. The topological polar surface area (TPSA) is 119 Å². The normalized spacial score (nSPS) is 15.8. The van der Waals surface area contributed by atoms with E-state index in [0.717, 1.165) is 12.8 Å². The molecule has 0 aliphatic carbocycles. The van der Waals surface area contributed by atoms with Crippen molar-refractivity contribution < 1.29 is 38.5 Å². The summed E-state index contributed by atoms with van der Waals surface area (Å²) in [5, 5.41) is 28.4. The molecule has 0 saturated heterocycles. The van der Waals surface area contributed by atoms with E-state index in [4.69, 9.17) is 19.5 Å². The lowest BCUT2D eigenvalue weighted by Gasteiger charge is -2.43. The molecular weight excluding hydrogens is 529 g/mol. The van der Waals surface area contributed by atoms with E-state index < -0.39 is 25.8 Å². The van der Waals surface area contributed by atoms with Crippen LogP contribution in [0.25, 0.3) is 0 Å². The maximum absolute atomic E-state index is 12.7. The van der Waals surface area contributed by atoms with Gasteiger partial charge in [-0.3, -0.25) is 0 Å². The second-order valence-electron chi connectivity index (χ2n) is 11.5. The van der Waals surface area contributed by atoms with Gasteiger partial charge in [0, 0.05) is 19.4 Å². The van der Waals surface area contributed by atoms with E-state index in [2.05, 4.69) is 31.2 Å². The van der Waals surface area contributed by atoms with Gasteiger partial charge >= 0.3 is 0 Å². The zero-order valence-electron chi connectivity index (χ0n) is 26.1. The number of aliphatic hydroxyl groups excluding tert-OH is 2. The third-order valence-corrected chi connectivity index (χ3v) is 9.43. The molecule has 0 aromatic carbocycles. The molecule has 0 saturated carbocycles. The number of unbranched alkanes of at least 4 members (excludes halogenated alkanes) is 11. The minimum absolute atomic E-state index is 0.0370. The molecular formula is C31H62NO7P. The summed E-state index contributed by atoms with van der Waals surface area (Å²) < 4.78 is 23.4. The Morgan fingerprint density at radius 1 is 0.775 bits per heavy atom. The van der Waals surface area contributed by atoms with Crippen LogP contribution in [0.15, 0.2) is 24.3 Å². The third-order valence-electron chi connectivity index (χ3n) is 7.20. The molecule has 0 aliphatic heterocycles. The minimum Gasteiger partial charge on any atom is -0.774 e. The number of ether oxygens (including phenoxy) is 1. The van der Waals surface area contributed by atoms with E-state index in [1.807, 2.05) is 0 Å². The van der Waals surface area contributed by atoms with Crippen LogP contribution in [0.1, 0.15) is 117 Å². The molecule has 0 spiro atoms. The van der Waals surface area contributed by atoms with E-state index >= 15 is 0 Å². The van der Waals surface area contributed by atoms with Crippen LogP contribution in [0.5, 0.6) is 0 Å². The zero-order chi connectivity index (χ0) is 30.1. The summed E-state index contributed by atoms with van der Waals surface area (Å²) in [6.07, 6.45) is 24.0. The van der Waals surface area contributed by atoms with E-state index in [9.17, 15) is 14.6 Å². The SMILES string of the molecule is CCC/C=C\CCCC/C=C\CCCCCCCCCOC[C@@H](O)COP(=O)([O-])C(CC)[N+](C)(C)CCC(O)O. The second-order valence-corrected chi connectivity index (χ2v) is 13.4. The Labute approximate surface area is 245 Å². The molecule has 238 valence electrons. The fourth-order valence-corrected chi connectivity index (χ4v) is 6.63. The molecule has 3 N–H and O–H groups in total. The van der Waals surface area contributed by atoms with Crippen molar-refractivity contribution in [3.8, 4) is 0 Å². The average molecular weight is 592 g/mol. The Kier molecular flexibility index (Phi) is 24.6. The van der Waals surface area contributed by atoms with Crippen molar-refractivity contribution in [3.63, 3.8) is 0 Å². The summed E-state index contributed by atoms with van der Waals surface area (Å²) in [5.74, 6) is -0.839. The highest BCUT2D eigenvalue weighted by atomic mass is 31.2. The standard InChI is InChI=1S/C31H62NO7P/c1-5-7-8-9-10-11-12-13-14-15-16-17-18-19-20-21-22-23-26-38-27-29(33)28-39-40(36,37)30(6-2)32(3,4)25-24-31(34)35/h8-9,14-15,29-31,33-35H,5-7,10-13,16-28H2,1-4H3/b9-8-,15-14-/t29-,30?/m1/s1. The molecule has 9 heteroatoms. The number of allylic oxidation sites excluding steroid dienone is 4. The van der Waals surface area contributed by atoms with Crippen molar-refractivity contribution in [1.29, 1.82) is 0 Å². The Bertz CT molecular complexity index is 685. The molecule has 0 aromatic rings. The van der Waals surface area contributed by atoms with Gasteiger partial charge in [-0.1, -0.05) is 76.7 Å². The monoisotopic (exact) mass is 591 g/mol. The van der Waals surface area contributed by atoms with Gasteiger partial charge < -0.3 is 38.5 Å². The van der Waals surface area contributed by atoms with Gasteiger partial charge in [0.05, 0.1) is 33.9 Å². The van der Waals surface area contributed by atoms with Crippen LogP contribution in [-0.2, 0) is 13.8 Å². The Balaban J connectivity index is 3.75. The molecule has 0 fully saturated rings. The molecule has 0 bridgehead atoms. The van der Waals surface area contributed by atoms with Crippen LogP contribution in [0.4, 0.5) is 0 Å². The van der Waals surface area contributed by atoms with Crippen LogP contribution >= 0.6 is 7.60 Å². The third kappa shape index (κ3) is 22.1. The van der Waals surface area contributed by atoms with Crippen LogP contribution in [0, 0.1) is 0 Å². The van der Waals surface area contributed by atoms with Crippen molar-refractivity contribution in [2.75, 3.05) is 40.5 Å². The summed E-state index contributed by atoms with van der Waals surface area (Å²) in [5.41, 5.74) is 0. The highest BCUT2D eigenvalue weighted by Crippen LogP contribution is 2.48. The summed E-state index contributed by atoms with van der Waals surface area (Å²) in [6, 6.07) is 0. The van der Waals surface area contributed by atoms with Crippen LogP contribution in [-0.4, -0.2) is 78.4 Å². The number of aliphatic hydroxyl groups is 3. The molecule has 0 aliphatic rings. The number of nitrogens with zero attached hydrogens (tertiary/aromatic N) is 1. The van der Waals surface area contributed by atoms with Gasteiger partial charge in [0.1, 0.15) is 6.10 Å². The number of hydrogen-bond acceptors (Lipinski definition) is 7. The minimum atomic E-state index is -4.28. The first-order valence-electron chi connectivity index (χ1n) is 15.8. The van der Waals surface area contributed by atoms with Gasteiger partial charge in [0.15, 0.2) is 19.7 Å². The molecule has 40 heavy (non-hydrogen) atoms. The molecule has 0 amide bonds.